The van der Waals surface area contributed by atoms with Gasteiger partial charge in [0.1, 0.15) is 5.75 Å². The molecule has 1 aromatic carbocycles. The summed E-state index contributed by atoms with van der Waals surface area (Å²) in [4.78, 5) is 2.48. The van der Waals surface area contributed by atoms with E-state index in [4.69, 9.17) is 10.5 Å². The normalized spacial score (nSPS) is 13.3. The molecular formula is C17H30N2O. The van der Waals surface area contributed by atoms with Gasteiger partial charge in [-0.1, -0.05) is 19.9 Å². The molecule has 0 heterocycles. The minimum atomic E-state index is 0.0530. The predicted molar refractivity (Wildman–Crippen MR) is 86.0 cm³/mol. The third kappa shape index (κ3) is 4.80. The average molecular weight is 278 g/mol. The van der Waals surface area contributed by atoms with Gasteiger partial charge in [0.15, 0.2) is 0 Å². The van der Waals surface area contributed by atoms with Crippen molar-refractivity contribution in [2.75, 3.05) is 13.7 Å². The van der Waals surface area contributed by atoms with Crippen molar-refractivity contribution in [3.63, 3.8) is 0 Å². The molecule has 1 rings (SSSR count). The van der Waals surface area contributed by atoms with Gasteiger partial charge in [-0.3, -0.25) is 4.90 Å². The Bertz CT molecular complexity index is 413. The Morgan fingerprint density at radius 1 is 1.15 bits per heavy atom. The van der Waals surface area contributed by atoms with Crippen molar-refractivity contribution in [3.8, 4) is 5.75 Å². The third-order valence-electron chi connectivity index (χ3n) is 3.53. The molecule has 1 aromatic rings. The summed E-state index contributed by atoms with van der Waals surface area (Å²) in [7, 11) is 1.73. The highest BCUT2D eigenvalue weighted by Gasteiger charge is 2.15. The molecular weight excluding hydrogens is 248 g/mol. The molecule has 0 radical (unpaired) electrons. The van der Waals surface area contributed by atoms with Crippen LogP contribution in [0.4, 0.5) is 0 Å². The Morgan fingerprint density at radius 2 is 1.80 bits per heavy atom. The van der Waals surface area contributed by atoms with E-state index in [1.54, 1.807) is 7.11 Å². The summed E-state index contributed by atoms with van der Waals surface area (Å²) in [6.45, 7) is 13.0. The van der Waals surface area contributed by atoms with E-state index in [0.29, 0.717) is 12.0 Å². The van der Waals surface area contributed by atoms with Gasteiger partial charge in [-0.15, -0.1) is 0 Å². The Kier molecular flexibility index (Phi) is 6.50. The van der Waals surface area contributed by atoms with Gasteiger partial charge in [-0.25, -0.2) is 0 Å². The van der Waals surface area contributed by atoms with Crippen LogP contribution < -0.4 is 10.5 Å². The van der Waals surface area contributed by atoms with Crippen LogP contribution in [0, 0.1) is 5.92 Å². The van der Waals surface area contributed by atoms with E-state index < -0.39 is 0 Å². The summed E-state index contributed by atoms with van der Waals surface area (Å²) in [5.41, 5.74) is 8.37. The second-order valence-electron chi connectivity index (χ2n) is 6.28. The summed E-state index contributed by atoms with van der Waals surface area (Å²) in [5.74, 6) is 1.60. The number of rotatable bonds is 7. The van der Waals surface area contributed by atoms with E-state index >= 15 is 0 Å². The number of hydrogen-bond donors (Lipinski definition) is 1. The van der Waals surface area contributed by atoms with Gasteiger partial charge < -0.3 is 10.5 Å². The maximum atomic E-state index is 5.99. The zero-order chi connectivity index (χ0) is 15.3. The van der Waals surface area contributed by atoms with Crippen LogP contribution in [0.5, 0.6) is 5.75 Å². The standard InChI is InChI=1S/C17H30N2O/c1-12(2)10-19(13(3)4)11-16-9-15(14(5)18)7-8-17(16)20-6/h7-9,12-14H,10-11,18H2,1-6H3. The van der Waals surface area contributed by atoms with E-state index in [9.17, 15) is 0 Å². The number of benzene rings is 1. The van der Waals surface area contributed by atoms with Gasteiger partial charge in [-0.05, 0) is 44.4 Å². The van der Waals surface area contributed by atoms with Crippen molar-refractivity contribution in [1.29, 1.82) is 0 Å². The van der Waals surface area contributed by atoms with Crippen molar-refractivity contribution >= 4 is 0 Å². The van der Waals surface area contributed by atoms with Crippen molar-refractivity contribution in [1.82, 2.24) is 4.90 Å². The largest absolute Gasteiger partial charge is 0.496 e. The molecule has 0 bridgehead atoms. The van der Waals surface area contributed by atoms with E-state index in [2.05, 4.69) is 44.7 Å². The summed E-state index contributed by atoms with van der Waals surface area (Å²) >= 11 is 0. The first-order valence-corrected chi connectivity index (χ1v) is 7.51. The van der Waals surface area contributed by atoms with E-state index in [-0.39, 0.29) is 6.04 Å². The molecule has 114 valence electrons. The maximum absolute atomic E-state index is 5.99. The zero-order valence-electron chi connectivity index (χ0n) is 13.8. The fourth-order valence-electron chi connectivity index (χ4n) is 2.35. The van der Waals surface area contributed by atoms with Gasteiger partial charge in [0.05, 0.1) is 7.11 Å². The molecule has 0 aliphatic carbocycles. The Morgan fingerprint density at radius 3 is 2.25 bits per heavy atom. The predicted octanol–water partition coefficient (Wildman–Crippen LogP) is 3.58. The van der Waals surface area contributed by atoms with Crippen LogP contribution in [0.3, 0.4) is 0 Å². The molecule has 0 fully saturated rings. The van der Waals surface area contributed by atoms with Crippen LogP contribution in [0.1, 0.15) is 51.8 Å². The fourth-order valence-corrected chi connectivity index (χ4v) is 2.35. The zero-order valence-corrected chi connectivity index (χ0v) is 13.8. The minimum Gasteiger partial charge on any atom is -0.496 e. The van der Waals surface area contributed by atoms with Crippen LogP contribution in [0.2, 0.25) is 0 Å². The van der Waals surface area contributed by atoms with E-state index in [1.165, 1.54) is 5.56 Å². The number of nitrogens with zero attached hydrogens (tertiary/aromatic N) is 1. The maximum Gasteiger partial charge on any atom is 0.123 e. The monoisotopic (exact) mass is 278 g/mol. The first kappa shape index (κ1) is 17.0. The highest BCUT2D eigenvalue weighted by atomic mass is 16.5. The molecule has 0 spiro atoms. The van der Waals surface area contributed by atoms with Crippen LogP contribution in [0.15, 0.2) is 18.2 Å². The second-order valence-corrected chi connectivity index (χ2v) is 6.28. The van der Waals surface area contributed by atoms with Crippen LogP contribution >= 0.6 is 0 Å². The van der Waals surface area contributed by atoms with Gasteiger partial charge in [-0.2, -0.15) is 0 Å². The van der Waals surface area contributed by atoms with Gasteiger partial charge in [0, 0.05) is 30.7 Å². The van der Waals surface area contributed by atoms with Crippen molar-refractivity contribution in [3.05, 3.63) is 29.3 Å². The number of methoxy groups -OCH3 is 1. The second kappa shape index (κ2) is 7.65. The lowest BCUT2D eigenvalue weighted by atomic mass is 10.0. The van der Waals surface area contributed by atoms with Crippen LogP contribution in [0.25, 0.3) is 0 Å². The third-order valence-corrected chi connectivity index (χ3v) is 3.53. The molecule has 3 nitrogen and oxygen atoms in total. The van der Waals surface area contributed by atoms with Gasteiger partial charge in [0.2, 0.25) is 0 Å². The molecule has 0 aliphatic heterocycles. The Labute approximate surface area is 124 Å². The highest BCUT2D eigenvalue weighted by molar-refractivity contribution is 5.38. The quantitative estimate of drug-likeness (QED) is 0.828. The molecule has 20 heavy (non-hydrogen) atoms. The molecule has 1 unspecified atom stereocenters. The summed E-state index contributed by atoms with van der Waals surface area (Å²) in [5, 5.41) is 0. The number of ether oxygens (including phenoxy) is 1. The Balaban J connectivity index is 3.00. The molecule has 0 saturated heterocycles. The van der Waals surface area contributed by atoms with Gasteiger partial charge in [0.25, 0.3) is 0 Å². The molecule has 3 heteroatoms. The molecule has 1 atom stereocenters. The summed E-state index contributed by atoms with van der Waals surface area (Å²) < 4.78 is 5.50. The van der Waals surface area contributed by atoms with Crippen molar-refractivity contribution < 1.29 is 4.74 Å². The smallest absolute Gasteiger partial charge is 0.123 e. The number of hydrogen-bond acceptors (Lipinski definition) is 3. The lowest BCUT2D eigenvalue weighted by Crippen LogP contribution is -2.33. The summed E-state index contributed by atoms with van der Waals surface area (Å²) in [6.07, 6.45) is 0. The van der Waals surface area contributed by atoms with E-state index in [1.807, 2.05) is 13.0 Å². The molecule has 0 aromatic heterocycles. The van der Waals surface area contributed by atoms with Crippen molar-refractivity contribution in [2.24, 2.45) is 11.7 Å². The van der Waals surface area contributed by atoms with Crippen molar-refractivity contribution in [2.45, 2.75) is 53.2 Å². The first-order chi connectivity index (χ1) is 9.35. The average Bonchev–Trinajstić information content (AvgIpc) is 2.37. The molecule has 2 N–H and O–H groups in total. The van der Waals surface area contributed by atoms with Gasteiger partial charge >= 0.3 is 0 Å². The number of nitrogens with two attached hydrogens (primary N) is 1. The minimum absolute atomic E-state index is 0.0530. The summed E-state index contributed by atoms with van der Waals surface area (Å²) in [6, 6.07) is 6.83. The highest BCUT2D eigenvalue weighted by Crippen LogP contribution is 2.25. The first-order valence-electron chi connectivity index (χ1n) is 7.51. The lowest BCUT2D eigenvalue weighted by Gasteiger charge is -2.29. The molecule has 0 aliphatic rings. The molecule has 0 saturated carbocycles. The lowest BCUT2D eigenvalue weighted by molar-refractivity contribution is 0.187. The SMILES string of the molecule is COc1ccc(C(C)N)cc1CN(CC(C)C)C(C)C. The fraction of sp³-hybridized carbons (Fsp3) is 0.647. The molecule has 0 amide bonds. The van der Waals surface area contributed by atoms with E-state index in [0.717, 1.165) is 24.4 Å². The van der Waals surface area contributed by atoms with Crippen LogP contribution in [-0.4, -0.2) is 24.6 Å². The van der Waals surface area contributed by atoms with Crippen LogP contribution in [-0.2, 0) is 6.54 Å². The Hall–Kier alpha value is -1.06. The topological polar surface area (TPSA) is 38.5 Å².